The van der Waals surface area contributed by atoms with Gasteiger partial charge in [0.1, 0.15) is 11.8 Å². The second-order valence-corrected chi connectivity index (χ2v) is 4.97. The summed E-state index contributed by atoms with van der Waals surface area (Å²) in [6.45, 7) is 1.66. The molecule has 0 radical (unpaired) electrons. The van der Waals surface area contributed by atoms with Crippen LogP contribution in [0.2, 0.25) is 0 Å². The highest BCUT2D eigenvalue weighted by Crippen LogP contribution is 2.29. The topological polar surface area (TPSA) is 118 Å². The fraction of sp³-hybridized carbons (Fsp3) is 0.556. The number of aliphatic carboxylic acids is 1. The monoisotopic (exact) mass is 285 g/mol. The van der Waals surface area contributed by atoms with Gasteiger partial charge in [0, 0.05) is 13.0 Å². The van der Waals surface area contributed by atoms with E-state index in [9.17, 15) is 14.4 Å². The van der Waals surface area contributed by atoms with Crippen molar-refractivity contribution in [2.45, 2.75) is 30.3 Å². The van der Waals surface area contributed by atoms with Gasteiger partial charge in [-0.15, -0.1) is 5.10 Å². The van der Waals surface area contributed by atoms with Crippen LogP contribution in [0.15, 0.2) is 5.16 Å². The first-order valence-corrected chi connectivity index (χ1v) is 6.39. The molecule has 102 valence electrons. The minimum Gasteiger partial charge on any atom is -0.480 e. The van der Waals surface area contributed by atoms with E-state index < -0.39 is 11.2 Å². The molecule has 2 rings (SSSR count). The van der Waals surface area contributed by atoms with Crippen molar-refractivity contribution < 1.29 is 19.5 Å². The molecular formula is C9H11N5O4S. The van der Waals surface area contributed by atoms with Crippen molar-refractivity contribution in [1.82, 2.24) is 25.1 Å². The van der Waals surface area contributed by atoms with Crippen LogP contribution in [0.4, 0.5) is 0 Å². The Kier molecular flexibility index (Phi) is 3.79. The molecule has 1 unspecified atom stereocenters. The highest BCUT2D eigenvalue weighted by molar-refractivity contribution is 8.00. The van der Waals surface area contributed by atoms with Gasteiger partial charge in [0.25, 0.3) is 0 Å². The molecule has 1 aliphatic heterocycles. The maximum absolute atomic E-state index is 11.9. The van der Waals surface area contributed by atoms with E-state index in [-0.39, 0.29) is 29.9 Å². The number of amides is 2. The van der Waals surface area contributed by atoms with E-state index in [1.54, 1.807) is 6.92 Å². The van der Waals surface area contributed by atoms with Crippen LogP contribution >= 0.6 is 11.8 Å². The third kappa shape index (κ3) is 2.72. The number of carboxylic acids is 1. The van der Waals surface area contributed by atoms with E-state index in [4.69, 9.17) is 5.11 Å². The molecule has 0 bridgehead atoms. The fourth-order valence-electron chi connectivity index (χ4n) is 1.71. The summed E-state index contributed by atoms with van der Waals surface area (Å²) in [5.41, 5.74) is 0. The second kappa shape index (κ2) is 5.34. The number of hydrogen-bond donors (Lipinski definition) is 1. The first kappa shape index (κ1) is 13.5. The zero-order valence-electron chi connectivity index (χ0n) is 10.0. The maximum atomic E-state index is 11.9. The predicted octanol–water partition coefficient (Wildman–Crippen LogP) is -1.00. The third-order valence-electron chi connectivity index (χ3n) is 2.55. The van der Waals surface area contributed by atoms with Crippen LogP contribution in [0.3, 0.4) is 0 Å². The average Bonchev–Trinajstić information content (AvgIpc) is 2.85. The van der Waals surface area contributed by atoms with Crippen molar-refractivity contribution in [3.63, 3.8) is 0 Å². The summed E-state index contributed by atoms with van der Waals surface area (Å²) >= 11 is 1.01. The van der Waals surface area contributed by atoms with Gasteiger partial charge in [0.15, 0.2) is 0 Å². The van der Waals surface area contributed by atoms with Gasteiger partial charge in [-0.3, -0.25) is 19.3 Å². The Labute approximate surface area is 111 Å². The molecule has 1 aliphatic rings. The molecule has 1 aromatic heterocycles. The number of carboxylic acid groups (broad SMARTS) is 1. The van der Waals surface area contributed by atoms with Crippen LogP contribution in [0.1, 0.15) is 13.3 Å². The van der Waals surface area contributed by atoms with E-state index in [2.05, 4.69) is 15.5 Å². The molecule has 19 heavy (non-hydrogen) atoms. The standard InChI is InChI=1S/C9H11N5O4S/c1-2-13-6(15)3-5(8(13)18)19-9-10-11-12-14(9)4-7(16)17/h5H,2-4H2,1H3,(H,16,17). The quantitative estimate of drug-likeness (QED) is 0.684. The lowest BCUT2D eigenvalue weighted by molar-refractivity contribution is -0.139. The van der Waals surface area contributed by atoms with Gasteiger partial charge in [-0.2, -0.15) is 0 Å². The Morgan fingerprint density at radius 2 is 2.26 bits per heavy atom. The second-order valence-electron chi connectivity index (χ2n) is 3.80. The largest absolute Gasteiger partial charge is 0.480 e. The summed E-state index contributed by atoms with van der Waals surface area (Å²) in [6, 6.07) is 0. The lowest BCUT2D eigenvalue weighted by atomic mass is 10.4. The highest BCUT2D eigenvalue weighted by atomic mass is 32.2. The molecule has 1 aromatic rings. The predicted molar refractivity (Wildman–Crippen MR) is 62.1 cm³/mol. The van der Waals surface area contributed by atoms with E-state index >= 15 is 0 Å². The molecule has 1 fully saturated rings. The first-order valence-electron chi connectivity index (χ1n) is 5.51. The Bertz CT molecular complexity index is 530. The molecular weight excluding hydrogens is 274 g/mol. The zero-order valence-corrected chi connectivity index (χ0v) is 10.8. The SMILES string of the molecule is CCN1C(=O)CC(Sc2nnnn2CC(=O)O)C1=O. The van der Waals surface area contributed by atoms with Crippen LogP contribution in [-0.2, 0) is 20.9 Å². The number of aromatic nitrogens is 4. The summed E-state index contributed by atoms with van der Waals surface area (Å²) in [7, 11) is 0. The molecule has 1 N–H and O–H groups in total. The fourth-order valence-corrected chi connectivity index (χ4v) is 2.73. The number of carbonyl (C=O) groups is 3. The van der Waals surface area contributed by atoms with Crippen LogP contribution in [0, 0.1) is 0 Å². The van der Waals surface area contributed by atoms with Crippen LogP contribution in [0.25, 0.3) is 0 Å². The summed E-state index contributed by atoms with van der Waals surface area (Å²) in [5.74, 6) is -1.61. The van der Waals surface area contributed by atoms with E-state index in [1.165, 1.54) is 4.90 Å². The number of likely N-dealkylation sites (tertiary alicyclic amines) is 1. The van der Waals surface area contributed by atoms with Gasteiger partial charge < -0.3 is 5.11 Å². The summed E-state index contributed by atoms with van der Waals surface area (Å²) in [6.07, 6.45) is 0.0806. The van der Waals surface area contributed by atoms with Gasteiger partial charge >= 0.3 is 5.97 Å². The molecule has 0 aliphatic carbocycles. The van der Waals surface area contributed by atoms with Crippen LogP contribution in [-0.4, -0.2) is 59.8 Å². The van der Waals surface area contributed by atoms with Crippen LogP contribution in [0.5, 0.6) is 0 Å². The first-order chi connectivity index (χ1) is 9.02. The molecule has 9 nitrogen and oxygen atoms in total. The lowest BCUT2D eigenvalue weighted by Crippen LogP contribution is -2.31. The minimum absolute atomic E-state index is 0.0806. The van der Waals surface area contributed by atoms with Crippen LogP contribution < -0.4 is 0 Å². The molecule has 0 aromatic carbocycles. The Balaban J connectivity index is 2.10. The smallest absolute Gasteiger partial charge is 0.325 e. The third-order valence-corrected chi connectivity index (χ3v) is 3.71. The van der Waals surface area contributed by atoms with Gasteiger partial charge in [0.2, 0.25) is 17.0 Å². The molecule has 10 heteroatoms. The molecule has 1 saturated heterocycles. The molecule has 2 amide bonds. The maximum Gasteiger partial charge on any atom is 0.325 e. The van der Waals surface area contributed by atoms with E-state index in [1.807, 2.05) is 0 Å². The van der Waals surface area contributed by atoms with Crippen molar-refractivity contribution in [1.29, 1.82) is 0 Å². The van der Waals surface area contributed by atoms with Crippen molar-refractivity contribution in [3.8, 4) is 0 Å². The molecule has 0 spiro atoms. The van der Waals surface area contributed by atoms with Crippen molar-refractivity contribution in [3.05, 3.63) is 0 Å². The Hall–Kier alpha value is -1.97. The van der Waals surface area contributed by atoms with Gasteiger partial charge in [-0.1, -0.05) is 11.8 Å². The molecule has 2 heterocycles. The summed E-state index contributed by atoms with van der Waals surface area (Å²) < 4.78 is 1.08. The Morgan fingerprint density at radius 3 is 2.84 bits per heavy atom. The van der Waals surface area contributed by atoms with Gasteiger partial charge in [0.05, 0.1) is 0 Å². The van der Waals surface area contributed by atoms with Gasteiger partial charge in [-0.25, -0.2) is 4.68 Å². The number of nitrogens with zero attached hydrogens (tertiary/aromatic N) is 5. The Morgan fingerprint density at radius 1 is 1.53 bits per heavy atom. The van der Waals surface area contributed by atoms with Crippen molar-refractivity contribution in [2.75, 3.05) is 6.54 Å². The number of thioether (sulfide) groups is 1. The number of imide groups is 1. The number of hydrogen-bond acceptors (Lipinski definition) is 7. The molecule has 1 atom stereocenters. The number of rotatable bonds is 5. The van der Waals surface area contributed by atoms with Gasteiger partial charge in [-0.05, 0) is 17.4 Å². The highest BCUT2D eigenvalue weighted by Gasteiger charge is 2.39. The van der Waals surface area contributed by atoms with Crippen molar-refractivity contribution in [2.24, 2.45) is 0 Å². The van der Waals surface area contributed by atoms with E-state index in [0.29, 0.717) is 6.54 Å². The summed E-state index contributed by atoms with van der Waals surface area (Å²) in [5, 5.41) is 18.9. The minimum atomic E-state index is -1.09. The molecule has 0 saturated carbocycles. The number of carbonyl (C=O) groups excluding carboxylic acids is 2. The average molecular weight is 285 g/mol. The number of tetrazole rings is 1. The summed E-state index contributed by atoms with van der Waals surface area (Å²) in [4.78, 5) is 35.2. The van der Waals surface area contributed by atoms with Crippen molar-refractivity contribution >= 4 is 29.5 Å². The van der Waals surface area contributed by atoms with E-state index in [0.717, 1.165) is 16.4 Å². The lowest BCUT2D eigenvalue weighted by Gasteiger charge is -2.11. The zero-order chi connectivity index (χ0) is 14.0. The normalized spacial score (nSPS) is 19.2.